The molecule has 1 aliphatic rings. The van der Waals surface area contributed by atoms with E-state index in [0.717, 1.165) is 19.4 Å². The molecule has 1 saturated heterocycles. The summed E-state index contributed by atoms with van der Waals surface area (Å²) in [7, 11) is -3.29. The van der Waals surface area contributed by atoms with Gasteiger partial charge in [-0.2, -0.15) is 0 Å². The molecule has 4 nitrogen and oxygen atoms in total. The number of hydrogen-bond acceptors (Lipinski definition) is 3. The second-order valence-electron chi connectivity index (χ2n) is 4.51. The van der Waals surface area contributed by atoms with E-state index in [-0.39, 0.29) is 5.75 Å². The van der Waals surface area contributed by atoms with Gasteiger partial charge in [0, 0.05) is 16.8 Å². The first-order chi connectivity index (χ1) is 8.55. The van der Waals surface area contributed by atoms with Crippen molar-refractivity contribution >= 4 is 27.3 Å². The minimum absolute atomic E-state index is 0.136. The molecule has 2 rings (SSSR count). The minimum atomic E-state index is -3.29. The molecule has 6 heteroatoms. The Kier molecular flexibility index (Phi) is 4.48. The summed E-state index contributed by atoms with van der Waals surface area (Å²) in [6.07, 6.45) is 2.84. The van der Waals surface area contributed by atoms with Gasteiger partial charge in [-0.15, -0.1) is 0 Å². The lowest BCUT2D eigenvalue weighted by Gasteiger charge is -2.11. The molecule has 0 radical (unpaired) electrons. The first-order valence-electron chi connectivity index (χ1n) is 6.05. The van der Waals surface area contributed by atoms with E-state index >= 15 is 0 Å². The quantitative estimate of drug-likeness (QED) is 0.873. The number of halogens is 1. The van der Waals surface area contributed by atoms with E-state index < -0.39 is 10.0 Å². The standard InChI is InChI=1S/C12H17ClN2O2S/c13-10-3-1-4-12(9-10)15-18(16,17)8-6-11-5-2-7-14-11/h1,3-4,9,11,14-15H,2,5-8H2. The summed E-state index contributed by atoms with van der Waals surface area (Å²) in [6.45, 7) is 0.992. The summed E-state index contributed by atoms with van der Waals surface area (Å²) in [5, 5.41) is 3.81. The fourth-order valence-corrected chi connectivity index (χ4v) is 3.46. The Morgan fingerprint density at radius 2 is 2.28 bits per heavy atom. The van der Waals surface area contributed by atoms with Crippen molar-refractivity contribution in [1.29, 1.82) is 0 Å². The maximum absolute atomic E-state index is 11.9. The summed E-state index contributed by atoms with van der Waals surface area (Å²) in [4.78, 5) is 0. The average molecular weight is 289 g/mol. The number of benzene rings is 1. The van der Waals surface area contributed by atoms with E-state index in [1.54, 1.807) is 24.3 Å². The molecule has 0 aliphatic carbocycles. The van der Waals surface area contributed by atoms with Crippen LogP contribution in [0.1, 0.15) is 19.3 Å². The van der Waals surface area contributed by atoms with E-state index in [1.807, 2.05) is 0 Å². The third-order valence-electron chi connectivity index (χ3n) is 3.00. The van der Waals surface area contributed by atoms with Gasteiger partial charge in [0.1, 0.15) is 0 Å². The van der Waals surface area contributed by atoms with Gasteiger partial charge in [-0.1, -0.05) is 17.7 Å². The third-order valence-corrected chi connectivity index (χ3v) is 4.55. The van der Waals surface area contributed by atoms with Gasteiger partial charge in [0.05, 0.1) is 5.75 Å². The van der Waals surface area contributed by atoms with Gasteiger partial charge in [0.25, 0.3) is 0 Å². The van der Waals surface area contributed by atoms with Gasteiger partial charge in [-0.3, -0.25) is 4.72 Å². The number of rotatable bonds is 5. The summed E-state index contributed by atoms with van der Waals surface area (Å²) < 4.78 is 26.3. The third kappa shape index (κ3) is 4.15. The lowest BCUT2D eigenvalue weighted by molar-refractivity contribution is 0.565. The maximum Gasteiger partial charge on any atom is 0.232 e. The monoisotopic (exact) mass is 288 g/mol. The Hall–Kier alpha value is -0.780. The molecule has 1 aliphatic heterocycles. The van der Waals surface area contributed by atoms with Gasteiger partial charge in [0.15, 0.2) is 0 Å². The molecule has 1 fully saturated rings. The van der Waals surface area contributed by atoms with Crippen molar-refractivity contribution in [3.8, 4) is 0 Å². The fourth-order valence-electron chi connectivity index (χ4n) is 2.08. The van der Waals surface area contributed by atoms with Crippen molar-refractivity contribution in [2.45, 2.75) is 25.3 Å². The van der Waals surface area contributed by atoms with Crippen LogP contribution in [-0.2, 0) is 10.0 Å². The molecule has 0 amide bonds. The second kappa shape index (κ2) is 5.91. The first-order valence-corrected chi connectivity index (χ1v) is 8.08. The highest BCUT2D eigenvalue weighted by molar-refractivity contribution is 7.92. The van der Waals surface area contributed by atoms with E-state index in [2.05, 4.69) is 10.0 Å². The zero-order valence-corrected chi connectivity index (χ0v) is 11.6. The van der Waals surface area contributed by atoms with Crippen LogP contribution in [0.5, 0.6) is 0 Å². The molecular weight excluding hydrogens is 272 g/mol. The summed E-state index contributed by atoms with van der Waals surface area (Å²) >= 11 is 5.81. The number of sulfonamides is 1. The molecule has 100 valence electrons. The fraction of sp³-hybridized carbons (Fsp3) is 0.500. The summed E-state index contributed by atoms with van der Waals surface area (Å²) in [5.41, 5.74) is 0.516. The number of anilines is 1. The average Bonchev–Trinajstić information content (AvgIpc) is 2.78. The molecule has 0 aromatic heterocycles. The smallest absolute Gasteiger partial charge is 0.232 e. The molecule has 1 atom stereocenters. The number of hydrogen-bond donors (Lipinski definition) is 2. The topological polar surface area (TPSA) is 58.2 Å². The molecule has 1 aromatic rings. The van der Waals surface area contributed by atoms with Crippen LogP contribution in [0.15, 0.2) is 24.3 Å². The highest BCUT2D eigenvalue weighted by atomic mass is 35.5. The van der Waals surface area contributed by atoms with E-state index in [9.17, 15) is 8.42 Å². The number of nitrogens with one attached hydrogen (secondary N) is 2. The Bertz CT molecular complexity index is 499. The zero-order valence-electron chi connectivity index (χ0n) is 10.0. The Morgan fingerprint density at radius 1 is 1.44 bits per heavy atom. The van der Waals surface area contributed by atoms with Crippen LogP contribution in [0.25, 0.3) is 0 Å². The molecule has 0 saturated carbocycles. The predicted molar refractivity (Wildman–Crippen MR) is 74.5 cm³/mol. The normalized spacial score (nSPS) is 19.9. The van der Waals surface area contributed by atoms with Crippen LogP contribution in [0.2, 0.25) is 5.02 Å². The van der Waals surface area contributed by atoms with Gasteiger partial charge < -0.3 is 5.32 Å². The predicted octanol–water partition coefficient (Wildman–Crippen LogP) is 2.22. The SMILES string of the molecule is O=S(=O)(CCC1CCCN1)Nc1cccc(Cl)c1. The van der Waals surface area contributed by atoms with Gasteiger partial charge in [-0.05, 0) is 44.0 Å². The molecule has 0 bridgehead atoms. The van der Waals surface area contributed by atoms with Crippen molar-refractivity contribution in [1.82, 2.24) is 5.32 Å². The molecule has 1 aromatic carbocycles. The first kappa shape index (κ1) is 13.6. The summed E-state index contributed by atoms with van der Waals surface area (Å²) in [5.74, 6) is 0.136. The maximum atomic E-state index is 11.9. The van der Waals surface area contributed by atoms with Crippen LogP contribution in [0.4, 0.5) is 5.69 Å². The molecule has 18 heavy (non-hydrogen) atoms. The Balaban J connectivity index is 1.90. The van der Waals surface area contributed by atoms with Crippen molar-refractivity contribution < 1.29 is 8.42 Å². The van der Waals surface area contributed by atoms with Crippen LogP contribution in [-0.4, -0.2) is 26.8 Å². The van der Waals surface area contributed by atoms with Crippen LogP contribution in [0, 0.1) is 0 Å². The van der Waals surface area contributed by atoms with Gasteiger partial charge >= 0.3 is 0 Å². The highest BCUT2D eigenvalue weighted by Crippen LogP contribution is 2.17. The molecular formula is C12H17ClN2O2S. The van der Waals surface area contributed by atoms with Gasteiger partial charge in [0.2, 0.25) is 10.0 Å². The molecule has 0 spiro atoms. The van der Waals surface area contributed by atoms with E-state index in [1.165, 1.54) is 0 Å². The lowest BCUT2D eigenvalue weighted by Crippen LogP contribution is -2.26. The van der Waals surface area contributed by atoms with Crippen molar-refractivity contribution in [3.05, 3.63) is 29.3 Å². The van der Waals surface area contributed by atoms with Gasteiger partial charge in [-0.25, -0.2) is 8.42 Å². The largest absolute Gasteiger partial charge is 0.314 e. The Morgan fingerprint density at radius 3 is 2.94 bits per heavy atom. The van der Waals surface area contributed by atoms with Crippen LogP contribution in [0.3, 0.4) is 0 Å². The summed E-state index contributed by atoms with van der Waals surface area (Å²) in [6, 6.07) is 7.06. The lowest BCUT2D eigenvalue weighted by atomic mass is 10.2. The molecule has 1 unspecified atom stereocenters. The van der Waals surface area contributed by atoms with Crippen LogP contribution >= 0.6 is 11.6 Å². The Labute approximate surface area is 113 Å². The van der Waals surface area contributed by atoms with Crippen molar-refractivity contribution in [2.75, 3.05) is 17.0 Å². The highest BCUT2D eigenvalue weighted by Gasteiger charge is 2.18. The second-order valence-corrected chi connectivity index (χ2v) is 6.79. The van der Waals surface area contributed by atoms with E-state index in [0.29, 0.717) is 23.2 Å². The van der Waals surface area contributed by atoms with Crippen molar-refractivity contribution in [3.63, 3.8) is 0 Å². The van der Waals surface area contributed by atoms with Crippen molar-refractivity contribution in [2.24, 2.45) is 0 Å². The molecule has 2 N–H and O–H groups in total. The van der Waals surface area contributed by atoms with E-state index in [4.69, 9.17) is 11.6 Å². The zero-order chi connectivity index (χ0) is 13.0. The molecule has 1 heterocycles. The van der Waals surface area contributed by atoms with Crippen LogP contribution < -0.4 is 10.0 Å². The minimum Gasteiger partial charge on any atom is -0.314 e.